The van der Waals surface area contributed by atoms with E-state index in [1.807, 2.05) is 11.8 Å². The monoisotopic (exact) mass is 233 g/mol. The summed E-state index contributed by atoms with van der Waals surface area (Å²) in [4.78, 5) is 2.54. The van der Waals surface area contributed by atoms with Gasteiger partial charge in [-0.1, -0.05) is 6.92 Å². The maximum atomic E-state index is 4.46. The Balaban J connectivity index is 2.35. The molecule has 0 spiro atoms. The highest BCUT2D eigenvalue weighted by atomic mass is 32.2. The molecule has 1 rings (SSSR count). The van der Waals surface area contributed by atoms with Gasteiger partial charge in [-0.2, -0.15) is 24.4 Å². The second-order valence-electron chi connectivity index (χ2n) is 4.59. The van der Waals surface area contributed by atoms with Crippen LogP contribution in [0, 0.1) is 5.41 Å². The summed E-state index contributed by atoms with van der Waals surface area (Å²) in [6, 6.07) is 0.752. The second-order valence-corrected chi connectivity index (χ2v) is 5.82. The molecule has 1 atom stereocenters. The number of thioether (sulfide) groups is 1. The van der Waals surface area contributed by atoms with Crippen LogP contribution in [-0.4, -0.2) is 42.3 Å². The molecular weight excluding hydrogens is 210 g/mol. The minimum Gasteiger partial charge on any atom is -0.302 e. The fourth-order valence-corrected chi connectivity index (χ4v) is 3.24. The van der Waals surface area contributed by atoms with Crippen molar-refractivity contribution in [3.8, 4) is 0 Å². The summed E-state index contributed by atoms with van der Waals surface area (Å²) in [7, 11) is 2.27. The van der Waals surface area contributed by atoms with E-state index >= 15 is 0 Å². The number of hydrogen-bond donors (Lipinski definition) is 1. The predicted octanol–water partition coefficient (Wildman–Crippen LogP) is 2.77. The molecule has 0 bridgehead atoms. The third-order valence-electron chi connectivity index (χ3n) is 3.33. The fraction of sp³-hybridized carbons (Fsp3) is 1.00. The molecule has 1 aliphatic carbocycles. The molecule has 14 heavy (non-hydrogen) atoms. The largest absolute Gasteiger partial charge is 0.302 e. The van der Waals surface area contributed by atoms with E-state index < -0.39 is 0 Å². The first kappa shape index (κ1) is 12.7. The topological polar surface area (TPSA) is 3.24 Å². The van der Waals surface area contributed by atoms with E-state index in [0.717, 1.165) is 11.8 Å². The first-order valence-electron chi connectivity index (χ1n) is 5.47. The Kier molecular flexibility index (Phi) is 5.15. The number of rotatable bonds is 7. The van der Waals surface area contributed by atoms with Crippen LogP contribution in [0.1, 0.15) is 26.2 Å². The highest BCUT2D eigenvalue weighted by molar-refractivity contribution is 7.98. The van der Waals surface area contributed by atoms with Gasteiger partial charge < -0.3 is 4.90 Å². The third-order valence-corrected chi connectivity index (χ3v) is 4.72. The lowest BCUT2D eigenvalue weighted by atomic mass is 10.1. The van der Waals surface area contributed by atoms with Crippen molar-refractivity contribution in [3.05, 3.63) is 0 Å². The maximum Gasteiger partial charge on any atom is 0.0180 e. The molecule has 0 saturated heterocycles. The van der Waals surface area contributed by atoms with Gasteiger partial charge >= 0.3 is 0 Å². The number of thiol groups is 1. The Bertz CT molecular complexity index is 169. The summed E-state index contributed by atoms with van der Waals surface area (Å²) in [6.45, 7) is 3.53. The summed E-state index contributed by atoms with van der Waals surface area (Å²) in [5.74, 6) is 2.32. The second kappa shape index (κ2) is 5.66. The van der Waals surface area contributed by atoms with Crippen LogP contribution in [-0.2, 0) is 0 Å². The van der Waals surface area contributed by atoms with Gasteiger partial charge in [-0.05, 0) is 43.7 Å². The van der Waals surface area contributed by atoms with Gasteiger partial charge in [0.2, 0.25) is 0 Å². The highest BCUT2D eigenvalue weighted by Crippen LogP contribution is 2.47. The van der Waals surface area contributed by atoms with Crippen LogP contribution < -0.4 is 0 Å². The Morgan fingerprint density at radius 2 is 2.14 bits per heavy atom. The number of hydrogen-bond acceptors (Lipinski definition) is 3. The van der Waals surface area contributed by atoms with Crippen molar-refractivity contribution in [2.45, 2.75) is 32.2 Å². The summed E-state index contributed by atoms with van der Waals surface area (Å²) >= 11 is 6.41. The molecular formula is C11H23NS2. The molecule has 1 saturated carbocycles. The van der Waals surface area contributed by atoms with E-state index in [-0.39, 0.29) is 0 Å². The van der Waals surface area contributed by atoms with Crippen LogP contribution in [0.3, 0.4) is 0 Å². The molecule has 84 valence electrons. The third kappa shape index (κ3) is 3.35. The summed E-state index contributed by atoms with van der Waals surface area (Å²) < 4.78 is 0. The van der Waals surface area contributed by atoms with Crippen LogP contribution in [0.15, 0.2) is 0 Å². The average molecular weight is 233 g/mol. The van der Waals surface area contributed by atoms with Crippen LogP contribution in [0.2, 0.25) is 0 Å². The van der Waals surface area contributed by atoms with Gasteiger partial charge in [0.25, 0.3) is 0 Å². The summed E-state index contributed by atoms with van der Waals surface area (Å²) in [5, 5.41) is 0. The molecule has 0 aromatic carbocycles. The van der Waals surface area contributed by atoms with Crippen LogP contribution >= 0.6 is 24.4 Å². The van der Waals surface area contributed by atoms with Crippen molar-refractivity contribution in [3.63, 3.8) is 0 Å². The smallest absolute Gasteiger partial charge is 0.0180 e. The van der Waals surface area contributed by atoms with Crippen molar-refractivity contribution in [1.29, 1.82) is 0 Å². The Labute approximate surface area is 98.4 Å². The Morgan fingerprint density at radius 3 is 2.50 bits per heavy atom. The number of nitrogens with zero attached hydrogens (tertiary/aromatic N) is 1. The Morgan fingerprint density at radius 1 is 1.50 bits per heavy atom. The van der Waals surface area contributed by atoms with Crippen LogP contribution in [0.4, 0.5) is 0 Å². The molecule has 0 N–H and O–H groups in total. The first-order valence-corrected chi connectivity index (χ1v) is 7.50. The van der Waals surface area contributed by atoms with E-state index in [1.165, 1.54) is 31.6 Å². The van der Waals surface area contributed by atoms with Gasteiger partial charge in [0, 0.05) is 18.3 Å². The molecule has 1 nitrogen and oxygen atoms in total. The average Bonchev–Trinajstić information content (AvgIpc) is 2.94. The van der Waals surface area contributed by atoms with Gasteiger partial charge in [-0.3, -0.25) is 0 Å². The zero-order valence-electron chi connectivity index (χ0n) is 9.62. The van der Waals surface area contributed by atoms with Gasteiger partial charge in [0.1, 0.15) is 0 Å². The zero-order valence-corrected chi connectivity index (χ0v) is 11.3. The van der Waals surface area contributed by atoms with E-state index in [9.17, 15) is 0 Å². The van der Waals surface area contributed by atoms with E-state index in [0.29, 0.717) is 5.41 Å². The first-order chi connectivity index (χ1) is 6.67. The normalized spacial score (nSPS) is 21.2. The molecule has 1 unspecified atom stereocenters. The van der Waals surface area contributed by atoms with E-state index in [2.05, 4.69) is 37.8 Å². The lowest BCUT2D eigenvalue weighted by molar-refractivity contribution is 0.216. The Hall–Kier alpha value is 0.660. The molecule has 0 aromatic rings. The minimum atomic E-state index is 0.573. The van der Waals surface area contributed by atoms with Crippen molar-refractivity contribution in [2.75, 3.05) is 31.4 Å². The van der Waals surface area contributed by atoms with Gasteiger partial charge in [-0.15, -0.1) is 0 Å². The van der Waals surface area contributed by atoms with E-state index in [4.69, 9.17) is 0 Å². The van der Waals surface area contributed by atoms with Gasteiger partial charge in [0.05, 0.1) is 0 Å². The molecule has 0 heterocycles. The van der Waals surface area contributed by atoms with Crippen molar-refractivity contribution in [1.82, 2.24) is 4.90 Å². The highest BCUT2D eigenvalue weighted by Gasteiger charge is 2.42. The standard InChI is InChI=1S/C11H23NS2/c1-4-10(7-14-3)12(2)8-11(9-13)5-6-11/h10,13H,4-9H2,1-3H3. The molecule has 3 heteroatoms. The lowest BCUT2D eigenvalue weighted by Gasteiger charge is -2.30. The molecule has 0 radical (unpaired) electrons. The predicted molar refractivity (Wildman–Crippen MR) is 70.6 cm³/mol. The van der Waals surface area contributed by atoms with Crippen LogP contribution in [0.5, 0.6) is 0 Å². The fourth-order valence-electron chi connectivity index (χ4n) is 1.95. The molecule has 0 aliphatic heterocycles. The van der Waals surface area contributed by atoms with Crippen molar-refractivity contribution < 1.29 is 0 Å². The SMILES string of the molecule is CCC(CSC)N(C)CC1(CS)CC1. The lowest BCUT2D eigenvalue weighted by Crippen LogP contribution is -2.38. The summed E-state index contributed by atoms with van der Waals surface area (Å²) in [6.07, 6.45) is 6.23. The molecule has 0 amide bonds. The summed E-state index contributed by atoms with van der Waals surface area (Å²) in [5.41, 5.74) is 0.573. The quantitative estimate of drug-likeness (QED) is 0.674. The van der Waals surface area contributed by atoms with Crippen molar-refractivity contribution >= 4 is 24.4 Å². The van der Waals surface area contributed by atoms with Gasteiger partial charge in [-0.25, -0.2) is 0 Å². The van der Waals surface area contributed by atoms with E-state index in [1.54, 1.807) is 0 Å². The van der Waals surface area contributed by atoms with Crippen molar-refractivity contribution in [2.24, 2.45) is 5.41 Å². The molecule has 1 fully saturated rings. The zero-order chi connectivity index (χ0) is 10.6. The van der Waals surface area contributed by atoms with Gasteiger partial charge in [0.15, 0.2) is 0 Å². The molecule has 0 aromatic heterocycles. The maximum absolute atomic E-state index is 4.46. The molecule has 1 aliphatic rings. The minimum absolute atomic E-state index is 0.573. The van der Waals surface area contributed by atoms with Crippen LogP contribution in [0.25, 0.3) is 0 Å².